The number of nitrogens with zero attached hydrogens (tertiary/aromatic N) is 1. The van der Waals surface area contributed by atoms with E-state index < -0.39 is 0 Å². The van der Waals surface area contributed by atoms with Gasteiger partial charge in [-0.15, -0.1) is 0 Å². The van der Waals surface area contributed by atoms with Crippen molar-refractivity contribution in [3.8, 4) is 0 Å². The smallest absolute Gasteiger partial charge is 0.222 e. The van der Waals surface area contributed by atoms with Crippen LogP contribution in [0, 0.1) is 5.92 Å². The summed E-state index contributed by atoms with van der Waals surface area (Å²) in [7, 11) is 0. The molecule has 0 aliphatic carbocycles. The summed E-state index contributed by atoms with van der Waals surface area (Å²) in [6.45, 7) is 4.77. The van der Waals surface area contributed by atoms with Gasteiger partial charge < -0.3 is 9.64 Å². The first-order valence-electron chi connectivity index (χ1n) is 6.70. The zero-order valence-corrected chi connectivity index (χ0v) is 10.3. The molecule has 0 aromatic rings. The Kier molecular flexibility index (Phi) is 4.22. The van der Waals surface area contributed by atoms with Crippen molar-refractivity contribution in [2.75, 3.05) is 19.7 Å². The molecular weight excluding hydrogens is 202 g/mol. The number of hydrogen-bond donors (Lipinski definition) is 0. The van der Waals surface area contributed by atoms with E-state index in [-0.39, 0.29) is 0 Å². The number of rotatable bonds is 2. The highest BCUT2D eigenvalue weighted by Crippen LogP contribution is 2.28. The van der Waals surface area contributed by atoms with Gasteiger partial charge in [0.15, 0.2) is 0 Å². The first kappa shape index (κ1) is 11.9. The average Bonchev–Trinajstić information content (AvgIpc) is 2.39. The molecule has 1 amide bonds. The second-order valence-electron chi connectivity index (χ2n) is 4.98. The Balaban J connectivity index is 1.78. The van der Waals surface area contributed by atoms with Crippen LogP contribution in [0.1, 0.15) is 45.4 Å². The van der Waals surface area contributed by atoms with Crippen molar-refractivity contribution < 1.29 is 9.53 Å². The van der Waals surface area contributed by atoms with E-state index in [1.54, 1.807) is 0 Å². The van der Waals surface area contributed by atoms with Crippen LogP contribution in [0.2, 0.25) is 0 Å². The monoisotopic (exact) mass is 225 g/mol. The van der Waals surface area contributed by atoms with Gasteiger partial charge in [0, 0.05) is 26.1 Å². The number of amides is 1. The molecule has 1 unspecified atom stereocenters. The van der Waals surface area contributed by atoms with Crippen LogP contribution in [0.15, 0.2) is 0 Å². The fourth-order valence-corrected chi connectivity index (χ4v) is 2.88. The molecule has 92 valence electrons. The molecule has 1 atom stereocenters. The fourth-order valence-electron chi connectivity index (χ4n) is 2.88. The van der Waals surface area contributed by atoms with Gasteiger partial charge in [-0.1, -0.05) is 6.92 Å². The molecule has 0 aromatic carbocycles. The molecule has 0 bridgehead atoms. The predicted molar refractivity (Wildman–Crippen MR) is 63.2 cm³/mol. The topological polar surface area (TPSA) is 29.5 Å². The Bertz CT molecular complexity index is 228. The molecule has 0 spiro atoms. The highest BCUT2D eigenvalue weighted by Gasteiger charge is 2.29. The Morgan fingerprint density at radius 2 is 2.00 bits per heavy atom. The quantitative estimate of drug-likeness (QED) is 0.721. The van der Waals surface area contributed by atoms with Crippen molar-refractivity contribution in [3.63, 3.8) is 0 Å². The number of ether oxygens (including phenoxy) is 1. The highest BCUT2D eigenvalue weighted by atomic mass is 16.5. The lowest BCUT2D eigenvalue weighted by molar-refractivity contribution is -0.133. The van der Waals surface area contributed by atoms with Crippen LogP contribution >= 0.6 is 0 Å². The van der Waals surface area contributed by atoms with Gasteiger partial charge in [0.2, 0.25) is 5.91 Å². The lowest BCUT2D eigenvalue weighted by Gasteiger charge is -2.37. The van der Waals surface area contributed by atoms with Crippen LogP contribution < -0.4 is 0 Å². The molecule has 3 nitrogen and oxygen atoms in total. The van der Waals surface area contributed by atoms with Gasteiger partial charge in [-0.25, -0.2) is 0 Å². The van der Waals surface area contributed by atoms with E-state index in [4.69, 9.17) is 4.74 Å². The minimum atomic E-state index is 0.308. The first-order chi connectivity index (χ1) is 7.81. The minimum Gasteiger partial charge on any atom is -0.378 e. The molecule has 2 fully saturated rings. The van der Waals surface area contributed by atoms with Gasteiger partial charge in [0.25, 0.3) is 0 Å². The maximum atomic E-state index is 11.5. The lowest BCUT2D eigenvalue weighted by Crippen LogP contribution is -2.42. The molecular formula is C13H23NO2. The molecule has 2 aliphatic rings. The summed E-state index contributed by atoms with van der Waals surface area (Å²) >= 11 is 0. The number of piperidine rings is 1. The van der Waals surface area contributed by atoms with E-state index in [0.717, 1.165) is 32.5 Å². The van der Waals surface area contributed by atoms with Crippen molar-refractivity contribution in [1.82, 2.24) is 4.90 Å². The molecule has 0 aromatic heterocycles. The maximum Gasteiger partial charge on any atom is 0.222 e. The van der Waals surface area contributed by atoms with Crippen molar-refractivity contribution >= 4 is 5.91 Å². The number of hydrogen-bond acceptors (Lipinski definition) is 2. The molecule has 0 radical (unpaired) electrons. The van der Waals surface area contributed by atoms with Crippen molar-refractivity contribution in [2.45, 2.75) is 51.6 Å². The van der Waals surface area contributed by atoms with E-state index in [1.165, 1.54) is 19.3 Å². The summed E-state index contributed by atoms with van der Waals surface area (Å²) in [5.74, 6) is 1.00. The number of likely N-dealkylation sites (tertiary alicyclic amines) is 1. The maximum absolute atomic E-state index is 11.5. The first-order valence-corrected chi connectivity index (χ1v) is 6.70. The SMILES string of the molecule is CCC(=O)N1CCC(C2CCCCO2)CC1. The van der Waals surface area contributed by atoms with Gasteiger partial charge in [-0.3, -0.25) is 4.79 Å². The summed E-state index contributed by atoms with van der Waals surface area (Å²) in [6, 6.07) is 0. The third-order valence-electron chi connectivity index (χ3n) is 3.94. The van der Waals surface area contributed by atoms with Gasteiger partial charge in [-0.2, -0.15) is 0 Å². The van der Waals surface area contributed by atoms with Crippen molar-refractivity contribution in [1.29, 1.82) is 0 Å². The zero-order chi connectivity index (χ0) is 11.4. The minimum absolute atomic E-state index is 0.308. The van der Waals surface area contributed by atoms with E-state index in [0.29, 0.717) is 24.3 Å². The molecule has 2 saturated heterocycles. The highest BCUT2D eigenvalue weighted by molar-refractivity contribution is 5.75. The molecule has 16 heavy (non-hydrogen) atoms. The normalized spacial score (nSPS) is 28.1. The van der Waals surface area contributed by atoms with Gasteiger partial charge >= 0.3 is 0 Å². The van der Waals surface area contributed by atoms with Crippen LogP contribution in [0.3, 0.4) is 0 Å². The third kappa shape index (κ3) is 2.76. The second kappa shape index (κ2) is 5.67. The van der Waals surface area contributed by atoms with E-state index in [1.807, 2.05) is 11.8 Å². The Morgan fingerprint density at radius 3 is 2.56 bits per heavy atom. The Labute approximate surface area is 98.1 Å². The standard InChI is InChI=1S/C13H23NO2/c1-2-13(15)14-8-6-11(7-9-14)12-5-3-4-10-16-12/h11-12H,2-10H2,1H3. The zero-order valence-electron chi connectivity index (χ0n) is 10.3. The summed E-state index contributed by atoms with van der Waals surface area (Å²) < 4.78 is 5.84. The van der Waals surface area contributed by atoms with Gasteiger partial charge in [0.1, 0.15) is 0 Å². The van der Waals surface area contributed by atoms with Crippen molar-refractivity contribution in [2.24, 2.45) is 5.92 Å². The molecule has 3 heteroatoms. The molecule has 0 saturated carbocycles. The predicted octanol–water partition coefficient (Wildman–Crippen LogP) is 2.20. The third-order valence-corrected chi connectivity index (χ3v) is 3.94. The van der Waals surface area contributed by atoms with Crippen molar-refractivity contribution in [3.05, 3.63) is 0 Å². The summed E-state index contributed by atoms with van der Waals surface area (Å²) in [5.41, 5.74) is 0. The van der Waals surface area contributed by atoms with Crippen LogP contribution in [0.25, 0.3) is 0 Å². The molecule has 2 aliphatic heterocycles. The number of carbonyl (C=O) groups excluding carboxylic acids is 1. The van der Waals surface area contributed by atoms with E-state index in [2.05, 4.69) is 0 Å². The van der Waals surface area contributed by atoms with Gasteiger partial charge in [-0.05, 0) is 38.0 Å². The van der Waals surface area contributed by atoms with Crippen LogP contribution in [0.5, 0.6) is 0 Å². The molecule has 2 rings (SSSR count). The summed E-state index contributed by atoms with van der Waals surface area (Å²) in [5, 5.41) is 0. The molecule has 2 heterocycles. The molecule has 0 N–H and O–H groups in total. The summed E-state index contributed by atoms with van der Waals surface area (Å²) in [4.78, 5) is 13.6. The van der Waals surface area contributed by atoms with Gasteiger partial charge in [0.05, 0.1) is 6.10 Å². The van der Waals surface area contributed by atoms with Crippen LogP contribution in [-0.2, 0) is 9.53 Å². The van der Waals surface area contributed by atoms with E-state index >= 15 is 0 Å². The summed E-state index contributed by atoms with van der Waals surface area (Å²) in [6.07, 6.45) is 7.17. The Hall–Kier alpha value is -0.570. The largest absolute Gasteiger partial charge is 0.378 e. The lowest BCUT2D eigenvalue weighted by atomic mass is 9.87. The van der Waals surface area contributed by atoms with Crippen LogP contribution in [-0.4, -0.2) is 36.6 Å². The number of carbonyl (C=O) groups is 1. The fraction of sp³-hybridized carbons (Fsp3) is 0.923. The van der Waals surface area contributed by atoms with Crippen LogP contribution in [0.4, 0.5) is 0 Å². The Morgan fingerprint density at radius 1 is 1.25 bits per heavy atom. The average molecular weight is 225 g/mol. The van der Waals surface area contributed by atoms with E-state index in [9.17, 15) is 4.79 Å². The second-order valence-corrected chi connectivity index (χ2v) is 4.98.